The summed E-state index contributed by atoms with van der Waals surface area (Å²) >= 11 is 0. The number of hydrazone groups is 1. The van der Waals surface area contributed by atoms with Crippen LogP contribution in [0.5, 0.6) is 0 Å². The molecule has 0 aromatic heterocycles. The molecule has 0 saturated carbocycles. The van der Waals surface area contributed by atoms with Gasteiger partial charge >= 0.3 is 0 Å². The molecule has 2 nitrogen and oxygen atoms in total. The average Bonchev–Trinajstić information content (AvgIpc) is 2.82. The summed E-state index contributed by atoms with van der Waals surface area (Å²) in [5.74, 6) is 0. The van der Waals surface area contributed by atoms with Crippen LogP contribution in [0.25, 0.3) is 0 Å². The van der Waals surface area contributed by atoms with Crippen molar-refractivity contribution in [3.05, 3.63) is 65.7 Å². The molecule has 2 aromatic carbocycles. The molecule has 1 aliphatic heterocycles. The highest BCUT2D eigenvalue weighted by Gasteiger charge is 2.27. The van der Waals surface area contributed by atoms with Gasteiger partial charge in [-0.15, -0.1) is 0 Å². The first-order valence-corrected chi connectivity index (χ1v) is 6.69. The van der Waals surface area contributed by atoms with Crippen LogP contribution in [0.15, 0.2) is 59.7 Å². The number of benzene rings is 2. The molecule has 0 amide bonds. The van der Waals surface area contributed by atoms with Gasteiger partial charge in [-0.3, -0.25) is 5.01 Å². The fraction of sp³-hybridized carbons (Fsp3) is 0.235. The molecule has 1 heterocycles. The van der Waals surface area contributed by atoms with Crippen LogP contribution in [-0.2, 0) is 0 Å². The van der Waals surface area contributed by atoms with Crippen molar-refractivity contribution >= 4 is 11.4 Å². The predicted octanol–water partition coefficient (Wildman–Crippen LogP) is 4.32. The number of nitrogens with zero attached hydrogens (tertiary/aromatic N) is 2. The molecule has 0 saturated heterocycles. The summed E-state index contributed by atoms with van der Waals surface area (Å²) < 4.78 is 0. The minimum absolute atomic E-state index is 0.322. The average molecular weight is 250 g/mol. The zero-order valence-corrected chi connectivity index (χ0v) is 11.4. The van der Waals surface area contributed by atoms with Gasteiger partial charge in [0, 0.05) is 12.1 Å². The van der Waals surface area contributed by atoms with E-state index in [2.05, 4.69) is 73.5 Å². The van der Waals surface area contributed by atoms with Gasteiger partial charge in [-0.2, -0.15) is 5.10 Å². The largest absolute Gasteiger partial charge is 0.257 e. The number of hydrogen-bond donors (Lipinski definition) is 0. The van der Waals surface area contributed by atoms with Crippen molar-refractivity contribution in [1.82, 2.24) is 0 Å². The molecule has 0 bridgehead atoms. The van der Waals surface area contributed by atoms with Crippen LogP contribution in [0.2, 0.25) is 0 Å². The first-order chi connectivity index (χ1) is 9.25. The predicted molar refractivity (Wildman–Crippen MR) is 80.6 cm³/mol. The van der Waals surface area contributed by atoms with E-state index < -0.39 is 0 Å². The van der Waals surface area contributed by atoms with Crippen molar-refractivity contribution in [3.63, 3.8) is 0 Å². The van der Waals surface area contributed by atoms with E-state index in [0.29, 0.717) is 6.04 Å². The molecule has 0 aliphatic carbocycles. The molecule has 3 rings (SSSR count). The lowest BCUT2D eigenvalue weighted by atomic mass is 10.0. The molecule has 0 fully saturated rings. The maximum Gasteiger partial charge on any atom is 0.0828 e. The molecule has 2 heteroatoms. The van der Waals surface area contributed by atoms with Crippen LogP contribution in [0.4, 0.5) is 5.69 Å². The van der Waals surface area contributed by atoms with E-state index in [-0.39, 0.29) is 0 Å². The maximum absolute atomic E-state index is 4.73. The van der Waals surface area contributed by atoms with E-state index >= 15 is 0 Å². The summed E-state index contributed by atoms with van der Waals surface area (Å²) in [7, 11) is 0. The Bertz CT molecular complexity index is 602. The van der Waals surface area contributed by atoms with E-state index in [1.807, 2.05) is 0 Å². The smallest absolute Gasteiger partial charge is 0.0828 e. The van der Waals surface area contributed by atoms with Crippen molar-refractivity contribution in [3.8, 4) is 0 Å². The second-order valence-corrected chi connectivity index (χ2v) is 5.10. The Morgan fingerprint density at radius 1 is 0.947 bits per heavy atom. The van der Waals surface area contributed by atoms with Gasteiger partial charge in [-0.1, -0.05) is 48.5 Å². The topological polar surface area (TPSA) is 15.6 Å². The van der Waals surface area contributed by atoms with Crippen LogP contribution in [0.3, 0.4) is 0 Å². The zero-order chi connectivity index (χ0) is 13.2. The summed E-state index contributed by atoms with van der Waals surface area (Å²) in [4.78, 5) is 0. The van der Waals surface area contributed by atoms with Gasteiger partial charge in [-0.25, -0.2) is 0 Å². The van der Waals surface area contributed by atoms with Crippen molar-refractivity contribution < 1.29 is 0 Å². The van der Waals surface area contributed by atoms with Crippen molar-refractivity contribution in [1.29, 1.82) is 0 Å². The van der Waals surface area contributed by atoms with E-state index in [1.165, 1.54) is 22.5 Å². The van der Waals surface area contributed by atoms with Crippen LogP contribution >= 0.6 is 0 Å². The maximum atomic E-state index is 4.73. The van der Waals surface area contributed by atoms with Crippen molar-refractivity contribution in [2.24, 2.45) is 5.10 Å². The van der Waals surface area contributed by atoms with Crippen molar-refractivity contribution in [2.45, 2.75) is 26.3 Å². The van der Waals surface area contributed by atoms with E-state index in [4.69, 9.17) is 5.10 Å². The van der Waals surface area contributed by atoms with Crippen LogP contribution in [-0.4, -0.2) is 5.71 Å². The molecular weight excluding hydrogens is 232 g/mol. The first kappa shape index (κ1) is 12.0. The SMILES string of the molecule is CC1=NN(c2ccccc2C)C(c2ccccc2)C1. The minimum Gasteiger partial charge on any atom is -0.257 e. The third-order valence-corrected chi connectivity index (χ3v) is 3.61. The highest BCUT2D eigenvalue weighted by atomic mass is 15.5. The Hall–Kier alpha value is -2.09. The highest BCUT2D eigenvalue weighted by Crippen LogP contribution is 2.36. The van der Waals surface area contributed by atoms with Gasteiger partial charge in [0.2, 0.25) is 0 Å². The Labute approximate surface area is 114 Å². The van der Waals surface area contributed by atoms with Crippen LogP contribution in [0.1, 0.15) is 30.5 Å². The van der Waals surface area contributed by atoms with Crippen molar-refractivity contribution in [2.75, 3.05) is 5.01 Å². The molecular formula is C17H18N2. The lowest BCUT2D eigenvalue weighted by Gasteiger charge is -2.25. The molecule has 0 N–H and O–H groups in total. The quantitative estimate of drug-likeness (QED) is 0.775. The fourth-order valence-corrected chi connectivity index (χ4v) is 2.64. The fourth-order valence-electron chi connectivity index (χ4n) is 2.64. The van der Waals surface area contributed by atoms with E-state index in [1.54, 1.807) is 0 Å². The van der Waals surface area contributed by atoms with Gasteiger partial charge in [0.15, 0.2) is 0 Å². The van der Waals surface area contributed by atoms with E-state index in [9.17, 15) is 0 Å². The number of rotatable bonds is 2. The summed E-state index contributed by atoms with van der Waals surface area (Å²) in [6.45, 7) is 4.24. The second-order valence-electron chi connectivity index (χ2n) is 5.10. The summed E-state index contributed by atoms with van der Waals surface area (Å²) in [6, 6.07) is 19.4. The third kappa shape index (κ3) is 2.26. The van der Waals surface area contributed by atoms with Gasteiger partial charge in [0.05, 0.1) is 11.7 Å². The molecule has 96 valence electrons. The first-order valence-electron chi connectivity index (χ1n) is 6.69. The Morgan fingerprint density at radius 3 is 2.37 bits per heavy atom. The molecule has 2 aromatic rings. The minimum atomic E-state index is 0.322. The van der Waals surface area contributed by atoms with Gasteiger partial charge in [-0.05, 0) is 31.0 Å². The highest BCUT2D eigenvalue weighted by molar-refractivity contribution is 5.87. The number of hydrogen-bond acceptors (Lipinski definition) is 2. The van der Waals surface area contributed by atoms with Gasteiger partial charge in [0.25, 0.3) is 0 Å². The molecule has 1 atom stereocenters. The Morgan fingerprint density at radius 2 is 1.63 bits per heavy atom. The molecule has 0 radical (unpaired) electrons. The summed E-state index contributed by atoms with van der Waals surface area (Å²) in [6.07, 6.45) is 0.998. The van der Waals surface area contributed by atoms with Gasteiger partial charge < -0.3 is 0 Å². The normalized spacial score (nSPS) is 18.5. The summed E-state index contributed by atoms with van der Waals surface area (Å²) in [5.41, 5.74) is 4.98. The van der Waals surface area contributed by atoms with Gasteiger partial charge in [0.1, 0.15) is 0 Å². The standard InChI is InChI=1S/C17H18N2/c1-13-8-6-7-11-16(13)19-17(12-14(2)18-19)15-9-4-3-5-10-15/h3-11,17H,12H2,1-2H3. The lowest BCUT2D eigenvalue weighted by Crippen LogP contribution is -2.19. The Balaban J connectivity index is 2.01. The second kappa shape index (κ2) is 4.88. The van der Waals surface area contributed by atoms with Crippen LogP contribution < -0.4 is 5.01 Å². The number of anilines is 1. The number of para-hydroxylation sites is 1. The Kier molecular flexibility index (Phi) is 3.08. The van der Waals surface area contributed by atoms with Crippen LogP contribution in [0, 0.1) is 6.92 Å². The lowest BCUT2D eigenvalue weighted by molar-refractivity contribution is 0.707. The summed E-state index contributed by atoms with van der Waals surface area (Å²) in [5, 5.41) is 6.89. The monoisotopic (exact) mass is 250 g/mol. The molecule has 0 spiro atoms. The number of aryl methyl sites for hydroxylation is 1. The third-order valence-electron chi connectivity index (χ3n) is 3.61. The molecule has 1 unspecified atom stereocenters. The molecule has 19 heavy (non-hydrogen) atoms. The zero-order valence-electron chi connectivity index (χ0n) is 11.4. The molecule has 1 aliphatic rings. The van der Waals surface area contributed by atoms with E-state index in [0.717, 1.165) is 6.42 Å².